The molecule has 0 aliphatic carbocycles. The van der Waals surface area contributed by atoms with Crippen LogP contribution in [0.1, 0.15) is 48.3 Å². The van der Waals surface area contributed by atoms with Gasteiger partial charge in [-0.1, -0.05) is 0 Å². The predicted octanol–water partition coefficient (Wildman–Crippen LogP) is 4.86. The zero-order chi connectivity index (χ0) is 27.3. The molecule has 12 heteroatoms. The van der Waals surface area contributed by atoms with E-state index in [9.17, 15) is 18.0 Å². The van der Waals surface area contributed by atoms with Crippen LogP contribution in [0.25, 0.3) is 5.69 Å². The summed E-state index contributed by atoms with van der Waals surface area (Å²) < 4.78 is 53.7. The highest BCUT2D eigenvalue weighted by atomic mass is 19.4. The van der Waals surface area contributed by atoms with Crippen molar-refractivity contribution in [2.45, 2.75) is 45.5 Å². The number of carboxylic acids is 1. The van der Waals surface area contributed by atoms with E-state index in [4.69, 9.17) is 14.6 Å². The minimum atomic E-state index is -4.89. The van der Waals surface area contributed by atoms with Gasteiger partial charge in [0.05, 0.1) is 13.2 Å². The summed E-state index contributed by atoms with van der Waals surface area (Å²) >= 11 is 0. The van der Waals surface area contributed by atoms with Crippen LogP contribution in [0.5, 0.6) is 11.5 Å². The summed E-state index contributed by atoms with van der Waals surface area (Å²) in [5, 5.41) is 12.0. The lowest BCUT2D eigenvalue weighted by Gasteiger charge is -2.32. The van der Waals surface area contributed by atoms with E-state index in [1.165, 1.54) is 0 Å². The van der Waals surface area contributed by atoms with Gasteiger partial charge in [-0.05, 0) is 56.5 Å². The number of hydrogen-bond donors (Lipinski definition) is 2. The monoisotopic (exact) mass is 533 g/mol. The molecule has 0 amide bonds. The molecule has 1 fully saturated rings. The second-order valence-electron chi connectivity index (χ2n) is 8.85. The number of carbonyl (C=O) groups is 1. The van der Waals surface area contributed by atoms with E-state index in [-0.39, 0.29) is 12.0 Å². The quantitative estimate of drug-likeness (QED) is 0.381. The number of anilines is 1. The average Bonchev–Trinajstić information content (AvgIpc) is 3.39. The summed E-state index contributed by atoms with van der Waals surface area (Å²) in [7, 11) is 0. The number of likely N-dealkylation sites (tertiary alicyclic amines) is 1. The van der Waals surface area contributed by atoms with Crippen LogP contribution in [0.4, 0.5) is 19.1 Å². The van der Waals surface area contributed by atoms with Gasteiger partial charge in [-0.3, -0.25) is 4.90 Å². The first-order chi connectivity index (χ1) is 18.2. The van der Waals surface area contributed by atoms with Crippen LogP contribution in [0.15, 0.2) is 42.9 Å². The maximum absolute atomic E-state index is 13.3. The van der Waals surface area contributed by atoms with E-state index in [2.05, 4.69) is 20.2 Å². The molecule has 1 saturated heterocycles. The standard InChI is InChI=1S/C26H30F3N5O4/c1-3-37-20-13-17(14-21(38-4-2)22(20)34-9-5-6-10-34)16-33-11-7-18(8-12-33)31-25-30-15-19(24(35)36)23(32-25)26(27,28)29/h5-6,9-10,13-15,18H,3-4,7-8,11-12,16H2,1-2H3,(H,35,36)(H,30,31,32). The van der Waals surface area contributed by atoms with Crippen molar-refractivity contribution in [1.82, 2.24) is 19.4 Å². The van der Waals surface area contributed by atoms with E-state index in [0.29, 0.717) is 51.9 Å². The first-order valence-electron chi connectivity index (χ1n) is 12.4. The maximum Gasteiger partial charge on any atom is 0.434 e. The Morgan fingerprint density at radius 1 is 1.11 bits per heavy atom. The normalized spacial score (nSPS) is 14.9. The maximum atomic E-state index is 13.3. The molecular formula is C26H30F3N5O4. The summed E-state index contributed by atoms with van der Waals surface area (Å²) in [6.45, 7) is 6.93. The van der Waals surface area contributed by atoms with Crippen molar-refractivity contribution in [3.63, 3.8) is 0 Å². The van der Waals surface area contributed by atoms with Crippen LogP contribution in [0, 0.1) is 0 Å². The number of piperidine rings is 1. The van der Waals surface area contributed by atoms with Crippen LogP contribution < -0.4 is 14.8 Å². The number of hydrogen-bond acceptors (Lipinski definition) is 7. The molecule has 4 rings (SSSR count). The Balaban J connectivity index is 1.44. The summed E-state index contributed by atoms with van der Waals surface area (Å²) in [4.78, 5) is 20.6. The zero-order valence-corrected chi connectivity index (χ0v) is 21.2. The number of alkyl halides is 3. The first-order valence-corrected chi connectivity index (χ1v) is 12.4. The molecule has 0 radical (unpaired) electrons. The van der Waals surface area contributed by atoms with E-state index < -0.39 is 23.4 Å². The molecular weight excluding hydrogens is 503 g/mol. The Kier molecular flexibility index (Phi) is 8.40. The van der Waals surface area contributed by atoms with Crippen molar-refractivity contribution < 1.29 is 32.5 Å². The Morgan fingerprint density at radius 2 is 1.71 bits per heavy atom. The largest absolute Gasteiger partial charge is 0.492 e. The Morgan fingerprint density at radius 3 is 2.24 bits per heavy atom. The molecule has 3 aromatic rings. The number of nitrogens with zero attached hydrogens (tertiary/aromatic N) is 4. The third-order valence-corrected chi connectivity index (χ3v) is 6.18. The highest BCUT2D eigenvalue weighted by molar-refractivity contribution is 5.88. The fraction of sp³-hybridized carbons (Fsp3) is 0.423. The van der Waals surface area contributed by atoms with Crippen LogP contribution in [-0.4, -0.2) is 62.9 Å². The molecule has 38 heavy (non-hydrogen) atoms. The van der Waals surface area contributed by atoms with Crippen molar-refractivity contribution in [2.24, 2.45) is 0 Å². The summed E-state index contributed by atoms with van der Waals surface area (Å²) in [5.74, 6) is -0.505. The van der Waals surface area contributed by atoms with Crippen molar-refractivity contribution in [3.05, 3.63) is 59.7 Å². The van der Waals surface area contributed by atoms with Gasteiger partial charge in [0.15, 0.2) is 5.69 Å². The Labute approximate surface area is 218 Å². The van der Waals surface area contributed by atoms with Gasteiger partial charge < -0.3 is 24.5 Å². The van der Waals surface area contributed by atoms with Gasteiger partial charge in [0.25, 0.3) is 0 Å². The van der Waals surface area contributed by atoms with Crippen LogP contribution >= 0.6 is 0 Å². The summed E-state index contributed by atoms with van der Waals surface area (Å²) in [6, 6.07) is 7.77. The predicted molar refractivity (Wildman–Crippen MR) is 134 cm³/mol. The summed E-state index contributed by atoms with van der Waals surface area (Å²) in [5.41, 5.74) is -0.559. The SMILES string of the molecule is CCOc1cc(CN2CCC(Nc3ncc(C(=O)O)c(C(F)(F)F)n3)CC2)cc(OCC)c1-n1cccc1. The molecule has 0 bridgehead atoms. The van der Waals surface area contributed by atoms with Gasteiger partial charge in [-0.2, -0.15) is 13.2 Å². The smallest absolute Gasteiger partial charge is 0.434 e. The highest BCUT2D eigenvalue weighted by Crippen LogP contribution is 2.36. The van der Waals surface area contributed by atoms with Gasteiger partial charge in [-0.15, -0.1) is 0 Å². The second kappa shape index (κ2) is 11.7. The third kappa shape index (κ3) is 6.36. The lowest BCUT2D eigenvalue weighted by atomic mass is 10.0. The molecule has 9 nitrogen and oxygen atoms in total. The lowest BCUT2D eigenvalue weighted by Crippen LogP contribution is -2.39. The number of rotatable bonds is 10. The molecule has 1 aromatic carbocycles. The van der Waals surface area contributed by atoms with Gasteiger partial charge in [0.1, 0.15) is 22.7 Å². The van der Waals surface area contributed by atoms with Crippen molar-refractivity contribution in [1.29, 1.82) is 0 Å². The Bertz CT molecular complexity index is 1220. The highest BCUT2D eigenvalue weighted by Gasteiger charge is 2.38. The fourth-order valence-corrected chi connectivity index (χ4v) is 4.50. The zero-order valence-electron chi connectivity index (χ0n) is 21.2. The molecule has 0 unspecified atom stereocenters. The van der Waals surface area contributed by atoms with Gasteiger partial charge >= 0.3 is 12.1 Å². The second-order valence-corrected chi connectivity index (χ2v) is 8.85. The molecule has 0 saturated carbocycles. The molecule has 2 aromatic heterocycles. The molecule has 0 spiro atoms. The number of nitrogens with one attached hydrogen (secondary N) is 1. The number of halogens is 3. The number of aromatic nitrogens is 3. The van der Waals surface area contributed by atoms with E-state index in [0.717, 1.165) is 22.7 Å². The van der Waals surface area contributed by atoms with E-state index >= 15 is 0 Å². The van der Waals surface area contributed by atoms with Crippen molar-refractivity contribution in [3.8, 4) is 17.2 Å². The molecule has 1 aliphatic rings. The Hall–Kier alpha value is -3.80. The minimum absolute atomic E-state index is 0.142. The van der Waals surface area contributed by atoms with Crippen LogP contribution in [0.2, 0.25) is 0 Å². The lowest BCUT2D eigenvalue weighted by molar-refractivity contribution is -0.141. The molecule has 1 aliphatic heterocycles. The van der Waals surface area contributed by atoms with Gasteiger partial charge in [0, 0.05) is 44.3 Å². The molecule has 2 N–H and O–H groups in total. The minimum Gasteiger partial charge on any atom is -0.492 e. The van der Waals surface area contributed by atoms with E-state index in [1.54, 1.807) is 0 Å². The first kappa shape index (κ1) is 27.2. The van der Waals surface area contributed by atoms with Gasteiger partial charge in [-0.25, -0.2) is 14.8 Å². The fourth-order valence-electron chi connectivity index (χ4n) is 4.50. The van der Waals surface area contributed by atoms with Gasteiger partial charge in [0.2, 0.25) is 5.95 Å². The van der Waals surface area contributed by atoms with E-state index in [1.807, 2.05) is 55.1 Å². The molecule has 0 atom stereocenters. The third-order valence-electron chi connectivity index (χ3n) is 6.18. The topological polar surface area (TPSA) is 102 Å². The number of carboxylic acid groups (broad SMARTS) is 1. The van der Waals surface area contributed by atoms with Crippen LogP contribution in [0.3, 0.4) is 0 Å². The number of ether oxygens (including phenoxy) is 2. The van der Waals surface area contributed by atoms with Crippen molar-refractivity contribution in [2.75, 3.05) is 31.6 Å². The van der Waals surface area contributed by atoms with Crippen LogP contribution in [-0.2, 0) is 12.7 Å². The molecule has 204 valence electrons. The molecule has 3 heterocycles. The number of benzene rings is 1. The van der Waals surface area contributed by atoms with Crippen molar-refractivity contribution >= 4 is 11.9 Å². The number of aromatic carboxylic acids is 1. The average molecular weight is 534 g/mol. The summed E-state index contributed by atoms with van der Waals surface area (Å²) in [6.07, 6.45) is 0.989.